The van der Waals surface area contributed by atoms with Crippen molar-refractivity contribution in [1.29, 1.82) is 0 Å². The zero-order valence-electron chi connectivity index (χ0n) is 21.3. The van der Waals surface area contributed by atoms with Crippen LogP contribution in [0.2, 0.25) is 0 Å². The highest BCUT2D eigenvalue weighted by Crippen LogP contribution is 2.69. The fraction of sp³-hybridized carbons (Fsp3) is 1.00. The predicted molar refractivity (Wildman–Crippen MR) is 128 cm³/mol. The molecule has 7 heteroatoms. The van der Waals surface area contributed by atoms with E-state index in [1.54, 1.807) is 0 Å². The summed E-state index contributed by atoms with van der Waals surface area (Å²) >= 11 is 0. The van der Waals surface area contributed by atoms with Crippen molar-refractivity contribution >= 4 is 0 Å². The van der Waals surface area contributed by atoms with Crippen molar-refractivity contribution in [2.45, 2.75) is 115 Å². The number of fused-ring (bicyclic) bond motifs is 5. The van der Waals surface area contributed by atoms with E-state index < -0.39 is 58.8 Å². The van der Waals surface area contributed by atoms with E-state index >= 15 is 0 Å². The van der Waals surface area contributed by atoms with Gasteiger partial charge in [-0.15, -0.1) is 0 Å². The smallest absolute Gasteiger partial charge is 0.0863 e. The molecule has 4 aliphatic rings. The van der Waals surface area contributed by atoms with Gasteiger partial charge in [0, 0.05) is 24.9 Å². The summed E-state index contributed by atoms with van der Waals surface area (Å²) in [5, 5.41) is 76.6. The second-order valence-corrected chi connectivity index (χ2v) is 13.2. The Morgan fingerprint density at radius 1 is 0.824 bits per heavy atom. The van der Waals surface area contributed by atoms with Crippen molar-refractivity contribution < 1.29 is 35.7 Å². The Morgan fingerprint density at radius 2 is 1.47 bits per heavy atom. The Balaban J connectivity index is 1.63. The standard InChI is InChI=1S/C27H48O7/c1-14(13-28)6-5-7-15(2)19-22(32)23(33)24-26(19,4)11-9-18-25(3)10-8-16(29)21(31)20(25)17(30)12-27(18,24)34/h14-24,28-34H,5-13H2,1-4H3/t14-,15+,16-,17-,18+,19-,20-,21-,22+,23-,24-,25+,26+,27-/m0/s1. The van der Waals surface area contributed by atoms with Gasteiger partial charge in [0.05, 0.1) is 36.1 Å². The minimum absolute atomic E-state index is 0.0425. The molecule has 0 aromatic heterocycles. The van der Waals surface area contributed by atoms with Crippen molar-refractivity contribution in [3.05, 3.63) is 0 Å². The van der Waals surface area contributed by atoms with Crippen molar-refractivity contribution in [3.63, 3.8) is 0 Å². The van der Waals surface area contributed by atoms with Gasteiger partial charge in [-0.2, -0.15) is 0 Å². The molecule has 4 saturated carbocycles. The van der Waals surface area contributed by atoms with E-state index in [4.69, 9.17) is 0 Å². The Bertz CT molecular complexity index is 734. The Labute approximate surface area is 204 Å². The third kappa shape index (κ3) is 3.80. The Morgan fingerprint density at radius 3 is 2.12 bits per heavy atom. The fourth-order valence-corrected chi connectivity index (χ4v) is 9.69. The van der Waals surface area contributed by atoms with E-state index in [1.807, 2.05) is 13.8 Å². The van der Waals surface area contributed by atoms with Gasteiger partial charge in [-0.25, -0.2) is 0 Å². The van der Waals surface area contributed by atoms with Crippen molar-refractivity contribution in [2.75, 3.05) is 6.61 Å². The average molecular weight is 485 g/mol. The lowest BCUT2D eigenvalue weighted by Crippen LogP contribution is -2.71. The highest BCUT2D eigenvalue weighted by molar-refractivity contribution is 5.22. The summed E-state index contributed by atoms with van der Waals surface area (Å²) in [4.78, 5) is 0. The minimum Gasteiger partial charge on any atom is -0.396 e. The molecule has 4 aliphatic carbocycles. The average Bonchev–Trinajstić information content (AvgIpc) is 2.96. The van der Waals surface area contributed by atoms with Gasteiger partial charge in [-0.3, -0.25) is 0 Å². The highest BCUT2D eigenvalue weighted by atomic mass is 16.3. The SMILES string of the molecule is C[C@H](CO)CCC[C@@H](C)[C@H]1[C@@H](O)[C@H](O)[C@H]2[C@]1(C)CC[C@@H]1[C@@]3(C)CC[C@H](O)[C@H](O)[C@@H]3[C@@H](O)C[C@]12O. The van der Waals surface area contributed by atoms with E-state index in [0.717, 1.165) is 25.7 Å². The summed E-state index contributed by atoms with van der Waals surface area (Å²) in [6, 6.07) is 0. The predicted octanol–water partition coefficient (Wildman–Crippen LogP) is 1.44. The van der Waals surface area contributed by atoms with Crippen LogP contribution in [0, 0.1) is 46.3 Å². The fourth-order valence-electron chi connectivity index (χ4n) is 9.69. The molecule has 4 rings (SSSR count). The van der Waals surface area contributed by atoms with Gasteiger partial charge in [-0.1, -0.05) is 40.5 Å². The lowest BCUT2D eigenvalue weighted by Gasteiger charge is -2.66. The zero-order valence-corrected chi connectivity index (χ0v) is 21.3. The number of hydrogen-bond acceptors (Lipinski definition) is 7. The molecule has 0 radical (unpaired) electrons. The van der Waals surface area contributed by atoms with Gasteiger partial charge in [-0.05, 0) is 66.6 Å². The first-order valence-corrected chi connectivity index (χ1v) is 13.6. The summed E-state index contributed by atoms with van der Waals surface area (Å²) in [7, 11) is 0. The molecular formula is C27H48O7. The molecule has 0 spiro atoms. The molecule has 0 saturated heterocycles. The second-order valence-electron chi connectivity index (χ2n) is 13.2. The normalized spacial score (nSPS) is 54.6. The summed E-state index contributed by atoms with van der Waals surface area (Å²) in [5.74, 6) is -1.08. The van der Waals surface area contributed by atoms with E-state index in [9.17, 15) is 35.7 Å². The number of aliphatic hydroxyl groups is 7. The molecule has 14 atom stereocenters. The van der Waals surface area contributed by atoms with E-state index in [0.29, 0.717) is 19.3 Å². The van der Waals surface area contributed by atoms with Crippen LogP contribution in [-0.4, -0.2) is 78.5 Å². The maximum atomic E-state index is 12.3. The molecule has 0 heterocycles. The van der Waals surface area contributed by atoms with Gasteiger partial charge in [0.2, 0.25) is 0 Å². The molecule has 0 amide bonds. The van der Waals surface area contributed by atoms with Gasteiger partial charge in [0.15, 0.2) is 0 Å². The lowest BCUT2D eigenvalue weighted by molar-refractivity contribution is -0.280. The molecule has 34 heavy (non-hydrogen) atoms. The van der Waals surface area contributed by atoms with Crippen LogP contribution in [-0.2, 0) is 0 Å². The molecule has 0 aromatic rings. The van der Waals surface area contributed by atoms with Crippen LogP contribution in [0.4, 0.5) is 0 Å². The van der Waals surface area contributed by atoms with Gasteiger partial charge in [0.1, 0.15) is 0 Å². The van der Waals surface area contributed by atoms with E-state index in [2.05, 4.69) is 13.8 Å². The highest BCUT2D eigenvalue weighted by Gasteiger charge is 2.73. The zero-order chi connectivity index (χ0) is 25.2. The Hall–Kier alpha value is -0.280. The molecule has 4 fully saturated rings. The summed E-state index contributed by atoms with van der Waals surface area (Å²) < 4.78 is 0. The van der Waals surface area contributed by atoms with Crippen LogP contribution in [0.15, 0.2) is 0 Å². The summed E-state index contributed by atoms with van der Waals surface area (Å²) in [6.45, 7) is 8.44. The molecule has 0 unspecified atom stereocenters. The summed E-state index contributed by atoms with van der Waals surface area (Å²) in [5.41, 5.74) is -2.37. The molecule has 7 nitrogen and oxygen atoms in total. The van der Waals surface area contributed by atoms with Crippen molar-refractivity contribution in [1.82, 2.24) is 0 Å². The largest absolute Gasteiger partial charge is 0.396 e. The van der Waals surface area contributed by atoms with Crippen LogP contribution in [0.1, 0.15) is 79.1 Å². The number of aliphatic hydroxyl groups excluding tert-OH is 6. The van der Waals surface area contributed by atoms with Crippen LogP contribution >= 0.6 is 0 Å². The van der Waals surface area contributed by atoms with Crippen molar-refractivity contribution in [2.24, 2.45) is 46.3 Å². The molecule has 7 N–H and O–H groups in total. The van der Waals surface area contributed by atoms with E-state index in [-0.39, 0.29) is 36.7 Å². The topological polar surface area (TPSA) is 142 Å². The molecule has 0 bridgehead atoms. The van der Waals surface area contributed by atoms with Gasteiger partial charge in [0.25, 0.3) is 0 Å². The van der Waals surface area contributed by atoms with Gasteiger partial charge < -0.3 is 35.7 Å². The van der Waals surface area contributed by atoms with Crippen LogP contribution in [0.3, 0.4) is 0 Å². The summed E-state index contributed by atoms with van der Waals surface area (Å²) in [6.07, 6.45) is 0.372. The second kappa shape index (κ2) is 9.23. The molecular weight excluding hydrogens is 436 g/mol. The third-order valence-electron chi connectivity index (χ3n) is 11.2. The van der Waals surface area contributed by atoms with Crippen LogP contribution < -0.4 is 0 Å². The lowest BCUT2D eigenvalue weighted by atomic mass is 9.41. The van der Waals surface area contributed by atoms with Crippen LogP contribution in [0.25, 0.3) is 0 Å². The third-order valence-corrected chi connectivity index (χ3v) is 11.2. The van der Waals surface area contributed by atoms with Gasteiger partial charge >= 0.3 is 0 Å². The maximum absolute atomic E-state index is 12.3. The molecule has 0 aromatic carbocycles. The number of rotatable bonds is 6. The minimum atomic E-state index is -1.35. The Kier molecular flexibility index (Phi) is 7.27. The first-order chi connectivity index (χ1) is 15.8. The first kappa shape index (κ1) is 26.8. The maximum Gasteiger partial charge on any atom is 0.0863 e. The van der Waals surface area contributed by atoms with E-state index in [1.165, 1.54) is 0 Å². The molecule has 0 aliphatic heterocycles. The van der Waals surface area contributed by atoms with Crippen molar-refractivity contribution in [3.8, 4) is 0 Å². The molecule has 198 valence electrons. The monoisotopic (exact) mass is 484 g/mol. The number of hydrogen-bond donors (Lipinski definition) is 7. The quantitative estimate of drug-likeness (QED) is 0.302. The first-order valence-electron chi connectivity index (χ1n) is 13.6. The van der Waals surface area contributed by atoms with Crippen LogP contribution in [0.5, 0.6) is 0 Å².